The summed E-state index contributed by atoms with van der Waals surface area (Å²) in [5, 5.41) is 16.2. The highest BCUT2D eigenvalue weighted by molar-refractivity contribution is 7.89. The van der Waals surface area contributed by atoms with Crippen LogP contribution in [0.5, 0.6) is 0 Å². The van der Waals surface area contributed by atoms with E-state index >= 15 is 0 Å². The van der Waals surface area contributed by atoms with Gasteiger partial charge >= 0.3 is 0 Å². The van der Waals surface area contributed by atoms with Crippen LogP contribution in [-0.2, 0) is 21.4 Å². The molecule has 0 aliphatic carbocycles. The molecule has 0 saturated heterocycles. The quantitative estimate of drug-likeness (QED) is 0.291. The van der Waals surface area contributed by atoms with E-state index in [2.05, 4.69) is 26.2 Å². The van der Waals surface area contributed by atoms with Gasteiger partial charge in [-0.25, -0.2) is 8.42 Å². The van der Waals surface area contributed by atoms with Gasteiger partial charge in [0.1, 0.15) is 22.7 Å². The molecule has 12 heteroatoms. The summed E-state index contributed by atoms with van der Waals surface area (Å²) in [6.45, 7) is 5.32. The van der Waals surface area contributed by atoms with Crippen LogP contribution >= 0.6 is 11.6 Å². The standard InChI is InChI=1S/C27H27ClN6O4S/c1-17-6-4-8-23(28)25(17)39(36,37)33-24(14-18(2)34-13-5-7-22(34)15-29)27(35)30-16-20-9-11-21(12-10-20)26-31-19(3)38-32-26/h4-13,18,24,33H,14,16H2,1-3H3,(H,30,35). The van der Waals surface area contributed by atoms with Gasteiger partial charge in [0.05, 0.1) is 5.02 Å². The van der Waals surface area contributed by atoms with E-state index < -0.39 is 22.0 Å². The number of rotatable bonds is 10. The number of hydrogen-bond acceptors (Lipinski definition) is 7. The van der Waals surface area contributed by atoms with Gasteiger partial charge in [-0.1, -0.05) is 53.2 Å². The van der Waals surface area contributed by atoms with Crippen LogP contribution in [0.25, 0.3) is 11.4 Å². The molecule has 202 valence electrons. The molecule has 39 heavy (non-hydrogen) atoms. The third-order valence-corrected chi connectivity index (χ3v) is 8.30. The van der Waals surface area contributed by atoms with Gasteiger partial charge in [-0.3, -0.25) is 4.79 Å². The first-order chi connectivity index (χ1) is 18.6. The molecule has 10 nitrogen and oxygen atoms in total. The molecule has 1 amide bonds. The second kappa shape index (κ2) is 11.8. The Kier molecular flexibility index (Phi) is 8.50. The van der Waals surface area contributed by atoms with Crippen LogP contribution < -0.4 is 10.0 Å². The summed E-state index contributed by atoms with van der Waals surface area (Å²) in [6, 6.07) is 16.0. The number of nitrogens with zero attached hydrogens (tertiary/aromatic N) is 4. The number of amides is 1. The summed E-state index contributed by atoms with van der Waals surface area (Å²) in [5.74, 6) is 0.402. The van der Waals surface area contributed by atoms with Crippen molar-refractivity contribution >= 4 is 27.5 Å². The number of carbonyl (C=O) groups excluding carboxylic acids is 1. The monoisotopic (exact) mass is 566 g/mol. The first-order valence-electron chi connectivity index (χ1n) is 12.1. The molecule has 2 atom stereocenters. The van der Waals surface area contributed by atoms with E-state index in [4.69, 9.17) is 16.1 Å². The average molecular weight is 567 g/mol. The highest BCUT2D eigenvalue weighted by Gasteiger charge is 2.30. The van der Waals surface area contributed by atoms with E-state index in [9.17, 15) is 18.5 Å². The number of benzene rings is 2. The summed E-state index contributed by atoms with van der Waals surface area (Å²) in [4.78, 5) is 17.5. The molecule has 0 spiro atoms. The average Bonchev–Trinajstić information content (AvgIpc) is 3.56. The van der Waals surface area contributed by atoms with Crippen LogP contribution in [0.2, 0.25) is 5.02 Å². The van der Waals surface area contributed by atoms with Crippen molar-refractivity contribution in [2.75, 3.05) is 0 Å². The number of sulfonamides is 1. The first kappa shape index (κ1) is 28.0. The Hall–Kier alpha value is -3.98. The van der Waals surface area contributed by atoms with Crippen molar-refractivity contribution in [2.24, 2.45) is 0 Å². The molecule has 2 unspecified atom stereocenters. The number of aryl methyl sites for hydroxylation is 2. The second-order valence-corrected chi connectivity index (χ2v) is 11.2. The smallest absolute Gasteiger partial charge is 0.243 e. The molecular formula is C27H27ClN6O4S. The van der Waals surface area contributed by atoms with Crippen LogP contribution in [0.4, 0.5) is 0 Å². The number of nitriles is 1. The normalized spacial score (nSPS) is 13.0. The molecule has 0 bridgehead atoms. The first-order valence-corrected chi connectivity index (χ1v) is 14.0. The largest absolute Gasteiger partial charge is 0.351 e. The molecule has 4 rings (SSSR count). The van der Waals surface area contributed by atoms with E-state index in [-0.39, 0.29) is 28.9 Å². The lowest BCUT2D eigenvalue weighted by atomic mass is 10.1. The molecule has 0 fully saturated rings. The van der Waals surface area contributed by atoms with Gasteiger partial charge in [0.25, 0.3) is 0 Å². The van der Waals surface area contributed by atoms with Gasteiger partial charge in [0.2, 0.25) is 27.6 Å². The molecule has 2 N–H and O–H groups in total. The molecule has 0 saturated carbocycles. The molecule has 2 heterocycles. The van der Waals surface area contributed by atoms with E-state index in [1.54, 1.807) is 48.9 Å². The van der Waals surface area contributed by atoms with E-state index in [1.807, 2.05) is 31.2 Å². The van der Waals surface area contributed by atoms with Crippen molar-refractivity contribution in [1.29, 1.82) is 5.26 Å². The van der Waals surface area contributed by atoms with Crippen LogP contribution in [0, 0.1) is 25.2 Å². The van der Waals surface area contributed by atoms with E-state index in [0.29, 0.717) is 23.0 Å². The summed E-state index contributed by atoms with van der Waals surface area (Å²) in [6.07, 6.45) is 1.81. The highest BCUT2D eigenvalue weighted by atomic mass is 35.5. The fourth-order valence-corrected chi connectivity index (χ4v) is 6.28. The maximum atomic E-state index is 13.4. The van der Waals surface area contributed by atoms with Crippen molar-refractivity contribution in [2.45, 2.75) is 50.7 Å². The topological polar surface area (TPSA) is 143 Å². The summed E-state index contributed by atoms with van der Waals surface area (Å²) in [7, 11) is -4.15. The van der Waals surface area contributed by atoms with E-state index in [0.717, 1.165) is 11.1 Å². The second-order valence-electron chi connectivity index (χ2n) is 9.11. The minimum atomic E-state index is -4.15. The SMILES string of the molecule is Cc1nc(-c2ccc(CNC(=O)C(CC(C)n3cccc3C#N)NS(=O)(=O)c3c(C)cccc3Cl)cc2)no1. The zero-order chi connectivity index (χ0) is 28.2. The number of carbonyl (C=O) groups is 1. The maximum Gasteiger partial charge on any atom is 0.243 e. The minimum Gasteiger partial charge on any atom is -0.351 e. The van der Waals surface area contributed by atoms with Gasteiger partial charge in [-0.2, -0.15) is 15.0 Å². The van der Waals surface area contributed by atoms with Crippen molar-refractivity contribution in [3.63, 3.8) is 0 Å². The summed E-state index contributed by atoms with van der Waals surface area (Å²) < 4.78 is 36.0. The Morgan fingerprint density at radius 3 is 2.54 bits per heavy atom. The number of aromatic nitrogens is 3. The molecule has 2 aromatic carbocycles. The lowest BCUT2D eigenvalue weighted by molar-refractivity contribution is -0.123. The van der Waals surface area contributed by atoms with E-state index in [1.165, 1.54) is 6.07 Å². The Morgan fingerprint density at radius 1 is 1.15 bits per heavy atom. The van der Waals surface area contributed by atoms with Gasteiger partial charge in [-0.05, 0) is 49.6 Å². The minimum absolute atomic E-state index is 0.0590. The predicted molar refractivity (Wildman–Crippen MR) is 145 cm³/mol. The Balaban J connectivity index is 1.54. The number of halogens is 1. The number of nitrogens with one attached hydrogen (secondary N) is 2. The third-order valence-electron chi connectivity index (χ3n) is 6.20. The van der Waals surface area contributed by atoms with Gasteiger partial charge < -0.3 is 14.4 Å². The molecular weight excluding hydrogens is 540 g/mol. The molecule has 4 aromatic rings. The summed E-state index contributed by atoms with van der Waals surface area (Å²) in [5.41, 5.74) is 2.41. The van der Waals surface area contributed by atoms with Gasteiger partial charge in [-0.15, -0.1) is 0 Å². The number of hydrogen-bond donors (Lipinski definition) is 2. The maximum absolute atomic E-state index is 13.4. The lowest BCUT2D eigenvalue weighted by Gasteiger charge is -2.24. The Labute approximate surface area is 231 Å². The molecule has 2 aromatic heterocycles. The Morgan fingerprint density at radius 2 is 1.90 bits per heavy atom. The Bertz CT molecular complexity index is 1600. The molecule has 0 aliphatic heterocycles. The van der Waals surface area contributed by atoms with Gasteiger partial charge in [0.15, 0.2) is 0 Å². The molecule has 0 aliphatic rings. The highest BCUT2D eigenvalue weighted by Crippen LogP contribution is 2.26. The zero-order valence-corrected chi connectivity index (χ0v) is 23.1. The van der Waals surface area contributed by atoms with Crippen LogP contribution in [0.15, 0.2) is 70.2 Å². The van der Waals surface area contributed by atoms with Crippen molar-refractivity contribution in [1.82, 2.24) is 24.7 Å². The van der Waals surface area contributed by atoms with Crippen molar-refractivity contribution in [3.8, 4) is 17.5 Å². The third kappa shape index (κ3) is 6.54. The van der Waals surface area contributed by atoms with Crippen LogP contribution in [0.3, 0.4) is 0 Å². The fourth-order valence-electron chi connectivity index (χ4n) is 4.24. The van der Waals surface area contributed by atoms with Gasteiger partial charge in [0, 0.05) is 31.3 Å². The van der Waals surface area contributed by atoms with Crippen LogP contribution in [-0.4, -0.2) is 35.1 Å². The van der Waals surface area contributed by atoms with Crippen LogP contribution in [0.1, 0.15) is 42.1 Å². The molecule has 0 radical (unpaired) electrons. The van der Waals surface area contributed by atoms with Crippen molar-refractivity contribution < 1.29 is 17.7 Å². The predicted octanol–water partition coefficient (Wildman–Crippen LogP) is 4.29. The zero-order valence-electron chi connectivity index (χ0n) is 21.6. The fraction of sp³-hybridized carbons (Fsp3) is 0.259. The summed E-state index contributed by atoms with van der Waals surface area (Å²) >= 11 is 6.23. The lowest BCUT2D eigenvalue weighted by Crippen LogP contribution is -2.47. The van der Waals surface area contributed by atoms with Crippen molar-refractivity contribution in [3.05, 3.63) is 88.5 Å².